The molecule has 0 atom stereocenters. The third-order valence-corrected chi connectivity index (χ3v) is 5.86. The van der Waals surface area contributed by atoms with Crippen molar-refractivity contribution in [1.82, 2.24) is 0 Å². The van der Waals surface area contributed by atoms with E-state index in [-0.39, 0.29) is 17.4 Å². The number of ketones is 1. The number of benzene rings is 2. The first kappa shape index (κ1) is 23.0. The quantitative estimate of drug-likeness (QED) is 0.617. The van der Waals surface area contributed by atoms with Gasteiger partial charge in [0.1, 0.15) is 17.4 Å². The van der Waals surface area contributed by atoms with Crippen LogP contribution in [0.15, 0.2) is 48.5 Å². The lowest BCUT2D eigenvalue weighted by molar-refractivity contribution is -0.235. The summed E-state index contributed by atoms with van der Waals surface area (Å²) in [4.78, 5) is 12.9. The van der Waals surface area contributed by atoms with Crippen LogP contribution in [0.5, 0.6) is 0 Å². The minimum Gasteiger partial charge on any atom is -0.348 e. The van der Waals surface area contributed by atoms with Gasteiger partial charge in [0, 0.05) is 34.8 Å². The molecule has 2 aromatic rings. The zero-order valence-corrected chi connectivity index (χ0v) is 18.3. The van der Waals surface area contributed by atoms with E-state index in [9.17, 15) is 13.6 Å². The van der Waals surface area contributed by atoms with Gasteiger partial charge in [0.25, 0.3) is 0 Å². The van der Waals surface area contributed by atoms with Gasteiger partial charge in [-0.2, -0.15) is 0 Å². The number of ether oxygens (including phenoxy) is 4. The van der Waals surface area contributed by atoms with Crippen LogP contribution in [0, 0.1) is 22.5 Å². The predicted molar refractivity (Wildman–Crippen MR) is 113 cm³/mol. The van der Waals surface area contributed by atoms with E-state index < -0.39 is 23.4 Å². The lowest BCUT2D eigenvalue weighted by Gasteiger charge is -2.39. The standard InChI is InChI=1S/C25H28F2O5/c1-24(13-29-22(30-14-24)17-3-7-19(26)8-4-17)11-21(28)12-25(2)15-31-23(32-16-25)18-5-9-20(27)10-6-18/h3-10,22-23H,11-16H2,1-2H3. The van der Waals surface area contributed by atoms with Gasteiger partial charge in [0.2, 0.25) is 0 Å². The second-order valence-electron chi connectivity index (χ2n) is 9.52. The van der Waals surface area contributed by atoms with Gasteiger partial charge in [0.15, 0.2) is 12.6 Å². The van der Waals surface area contributed by atoms with Gasteiger partial charge in [-0.3, -0.25) is 4.79 Å². The highest BCUT2D eigenvalue weighted by molar-refractivity contribution is 5.79. The van der Waals surface area contributed by atoms with Crippen molar-refractivity contribution in [1.29, 1.82) is 0 Å². The van der Waals surface area contributed by atoms with Crippen molar-refractivity contribution in [3.8, 4) is 0 Å². The Balaban J connectivity index is 1.26. The highest BCUT2D eigenvalue weighted by Gasteiger charge is 2.39. The topological polar surface area (TPSA) is 54.0 Å². The maximum Gasteiger partial charge on any atom is 0.183 e. The van der Waals surface area contributed by atoms with Crippen molar-refractivity contribution in [3.63, 3.8) is 0 Å². The molecule has 2 aliphatic rings. The maximum absolute atomic E-state index is 13.1. The molecule has 2 fully saturated rings. The molecule has 2 heterocycles. The molecular formula is C25H28F2O5. The van der Waals surface area contributed by atoms with Crippen LogP contribution in [0.25, 0.3) is 0 Å². The molecule has 0 amide bonds. The Labute approximate surface area is 186 Å². The normalized spacial score (nSPS) is 30.8. The van der Waals surface area contributed by atoms with Crippen molar-refractivity contribution in [2.24, 2.45) is 10.8 Å². The molecule has 0 N–H and O–H groups in total. The van der Waals surface area contributed by atoms with Gasteiger partial charge < -0.3 is 18.9 Å². The van der Waals surface area contributed by atoms with E-state index >= 15 is 0 Å². The fourth-order valence-corrected chi connectivity index (χ4v) is 4.13. The number of carbonyl (C=O) groups excluding carboxylic acids is 1. The van der Waals surface area contributed by atoms with Crippen LogP contribution in [-0.2, 0) is 23.7 Å². The average Bonchev–Trinajstić information content (AvgIpc) is 2.76. The lowest BCUT2D eigenvalue weighted by Crippen LogP contribution is -2.41. The van der Waals surface area contributed by atoms with Crippen molar-refractivity contribution in [2.75, 3.05) is 26.4 Å². The summed E-state index contributed by atoms with van der Waals surface area (Å²) in [5.41, 5.74) is 0.632. The highest BCUT2D eigenvalue weighted by Crippen LogP contribution is 2.38. The van der Waals surface area contributed by atoms with E-state index in [1.165, 1.54) is 24.3 Å². The van der Waals surface area contributed by atoms with Crippen molar-refractivity contribution >= 4 is 5.78 Å². The van der Waals surface area contributed by atoms with Crippen LogP contribution in [0.1, 0.15) is 50.4 Å². The van der Waals surface area contributed by atoms with E-state index in [0.717, 1.165) is 11.1 Å². The first-order valence-corrected chi connectivity index (χ1v) is 10.7. The molecule has 7 heteroatoms. The van der Waals surface area contributed by atoms with Gasteiger partial charge in [-0.15, -0.1) is 0 Å². The van der Waals surface area contributed by atoms with Crippen LogP contribution in [-0.4, -0.2) is 32.2 Å². The number of hydrogen-bond donors (Lipinski definition) is 0. The van der Waals surface area contributed by atoms with E-state index in [1.54, 1.807) is 24.3 Å². The molecule has 32 heavy (non-hydrogen) atoms. The van der Waals surface area contributed by atoms with Crippen LogP contribution >= 0.6 is 0 Å². The fraction of sp³-hybridized carbons (Fsp3) is 0.480. The number of hydrogen-bond acceptors (Lipinski definition) is 5. The van der Waals surface area contributed by atoms with Crippen LogP contribution < -0.4 is 0 Å². The predicted octanol–water partition coefficient (Wildman–Crippen LogP) is 5.12. The first-order chi connectivity index (χ1) is 15.2. The van der Waals surface area contributed by atoms with E-state index in [0.29, 0.717) is 39.3 Å². The molecule has 0 bridgehead atoms. The number of halogens is 2. The summed E-state index contributed by atoms with van der Waals surface area (Å²) in [7, 11) is 0. The summed E-state index contributed by atoms with van der Waals surface area (Å²) in [5, 5.41) is 0. The number of Topliss-reactive ketones (excluding diaryl/α,β-unsaturated/α-hetero) is 1. The van der Waals surface area contributed by atoms with Gasteiger partial charge in [-0.05, 0) is 24.3 Å². The molecule has 0 saturated carbocycles. The molecule has 2 aromatic carbocycles. The maximum atomic E-state index is 13.1. The molecule has 0 aromatic heterocycles. The Bertz CT molecular complexity index is 837. The largest absolute Gasteiger partial charge is 0.348 e. The summed E-state index contributed by atoms with van der Waals surface area (Å²) in [6, 6.07) is 12.0. The Hall–Kier alpha value is -2.19. The Kier molecular flexibility index (Phi) is 6.72. The second-order valence-corrected chi connectivity index (χ2v) is 9.52. The van der Waals surface area contributed by atoms with Crippen molar-refractivity contribution in [2.45, 2.75) is 39.3 Å². The second kappa shape index (κ2) is 9.35. The molecule has 2 aliphatic heterocycles. The summed E-state index contributed by atoms with van der Waals surface area (Å²) in [6.45, 7) is 5.42. The zero-order valence-electron chi connectivity index (χ0n) is 18.3. The molecule has 0 spiro atoms. The Morgan fingerprint density at radius 1 is 0.719 bits per heavy atom. The summed E-state index contributed by atoms with van der Waals surface area (Å²) in [5.74, 6) is -0.531. The molecule has 0 radical (unpaired) electrons. The SMILES string of the molecule is CC1(CC(=O)CC2(C)COC(c3ccc(F)cc3)OC2)COC(c2ccc(F)cc2)OC1. The molecule has 5 nitrogen and oxygen atoms in total. The molecule has 0 unspecified atom stereocenters. The first-order valence-electron chi connectivity index (χ1n) is 10.7. The van der Waals surface area contributed by atoms with E-state index in [1.807, 2.05) is 13.8 Å². The third kappa shape index (κ3) is 5.59. The summed E-state index contributed by atoms with van der Waals surface area (Å²) < 4.78 is 49.6. The van der Waals surface area contributed by atoms with Crippen LogP contribution in [0.3, 0.4) is 0 Å². The van der Waals surface area contributed by atoms with Gasteiger partial charge in [-0.1, -0.05) is 38.1 Å². The van der Waals surface area contributed by atoms with Crippen LogP contribution in [0.2, 0.25) is 0 Å². The highest BCUT2D eigenvalue weighted by atomic mass is 19.1. The van der Waals surface area contributed by atoms with Gasteiger partial charge in [-0.25, -0.2) is 8.78 Å². The van der Waals surface area contributed by atoms with Gasteiger partial charge >= 0.3 is 0 Å². The summed E-state index contributed by atoms with van der Waals surface area (Å²) >= 11 is 0. The number of rotatable bonds is 6. The molecule has 2 saturated heterocycles. The molecule has 172 valence electrons. The Morgan fingerprint density at radius 2 is 1.03 bits per heavy atom. The van der Waals surface area contributed by atoms with E-state index in [2.05, 4.69) is 0 Å². The lowest BCUT2D eigenvalue weighted by atomic mass is 9.79. The van der Waals surface area contributed by atoms with Crippen molar-refractivity contribution < 1.29 is 32.5 Å². The molecule has 4 rings (SSSR count). The average molecular weight is 446 g/mol. The monoisotopic (exact) mass is 446 g/mol. The zero-order chi connectivity index (χ0) is 22.8. The fourth-order valence-electron chi connectivity index (χ4n) is 4.13. The smallest absolute Gasteiger partial charge is 0.183 e. The van der Waals surface area contributed by atoms with Crippen LogP contribution in [0.4, 0.5) is 8.78 Å². The van der Waals surface area contributed by atoms with E-state index in [4.69, 9.17) is 18.9 Å². The Morgan fingerprint density at radius 3 is 1.34 bits per heavy atom. The minimum atomic E-state index is -0.556. The van der Waals surface area contributed by atoms with Crippen molar-refractivity contribution in [3.05, 3.63) is 71.3 Å². The molecule has 0 aliphatic carbocycles. The number of carbonyl (C=O) groups is 1. The molecular weight excluding hydrogens is 418 g/mol. The summed E-state index contributed by atoms with van der Waals surface area (Å²) in [6.07, 6.45) is -0.472. The van der Waals surface area contributed by atoms with Gasteiger partial charge in [0.05, 0.1) is 26.4 Å². The third-order valence-electron chi connectivity index (χ3n) is 5.86. The minimum absolute atomic E-state index is 0.0925.